The van der Waals surface area contributed by atoms with Gasteiger partial charge in [-0.2, -0.15) is 0 Å². The van der Waals surface area contributed by atoms with Crippen molar-refractivity contribution in [2.24, 2.45) is 0 Å². The molecule has 2 aromatic rings. The van der Waals surface area contributed by atoms with Crippen molar-refractivity contribution in [2.75, 3.05) is 19.8 Å². The van der Waals surface area contributed by atoms with E-state index in [2.05, 4.69) is 29.6 Å². The van der Waals surface area contributed by atoms with Gasteiger partial charge in [0, 0.05) is 12.5 Å². The molecule has 0 spiro atoms. The zero-order chi connectivity index (χ0) is 17.9. The van der Waals surface area contributed by atoms with Crippen molar-refractivity contribution in [3.8, 4) is 11.1 Å². The fourth-order valence-corrected chi connectivity index (χ4v) is 3.91. The molecule has 2 aromatic carbocycles. The standard InChI is InChI=1S/C21H23NO4/c23-12-15-10-9-14(26-15)11-22-21(24)25-13-20-18-7-3-1-5-16(18)17-6-2-4-8-19(17)20/h1-8,14-15,20,23H,9-13H2,(H,22,24)/t14-,15+/m1/s1. The second kappa shape index (κ2) is 7.48. The number of rotatable bonds is 5. The maximum Gasteiger partial charge on any atom is 0.407 e. The first-order chi connectivity index (χ1) is 12.8. The Morgan fingerprint density at radius 3 is 2.27 bits per heavy atom. The first-order valence-electron chi connectivity index (χ1n) is 9.11. The number of carbonyl (C=O) groups excluding carboxylic acids is 1. The lowest BCUT2D eigenvalue weighted by Crippen LogP contribution is -2.33. The Kier molecular flexibility index (Phi) is 4.91. The van der Waals surface area contributed by atoms with E-state index in [1.807, 2.05) is 24.3 Å². The number of hydrogen-bond donors (Lipinski definition) is 2. The Bertz CT molecular complexity index is 746. The van der Waals surface area contributed by atoms with Gasteiger partial charge in [0.1, 0.15) is 6.61 Å². The van der Waals surface area contributed by atoms with E-state index in [1.54, 1.807) is 0 Å². The van der Waals surface area contributed by atoms with Crippen LogP contribution in [0.5, 0.6) is 0 Å². The Balaban J connectivity index is 1.35. The van der Waals surface area contributed by atoms with Crippen LogP contribution in [0.4, 0.5) is 4.79 Å². The van der Waals surface area contributed by atoms with Gasteiger partial charge in [-0.25, -0.2) is 4.79 Å². The Morgan fingerprint density at radius 1 is 1.04 bits per heavy atom. The van der Waals surface area contributed by atoms with Gasteiger partial charge >= 0.3 is 6.09 Å². The average molecular weight is 353 g/mol. The highest BCUT2D eigenvalue weighted by atomic mass is 16.6. The summed E-state index contributed by atoms with van der Waals surface area (Å²) >= 11 is 0. The van der Waals surface area contributed by atoms with Gasteiger partial charge in [-0.3, -0.25) is 0 Å². The normalized spacial score (nSPS) is 21.3. The van der Waals surface area contributed by atoms with Crippen LogP contribution in [0.25, 0.3) is 11.1 Å². The first kappa shape index (κ1) is 17.1. The lowest BCUT2D eigenvalue weighted by atomic mass is 9.98. The minimum atomic E-state index is -0.428. The van der Waals surface area contributed by atoms with Crippen molar-refractivity contribution in [3.05, 3.63) is 59.7 Å². The van der Waals surface area contributed by atoms with Gasteiger partial charge in [0.05, 0.1) is 18.8 Å². The molecule has 2 atom stereocenters. The number of amides is 1. The molecule has 1 heterocycles. The first-order valence-corrected chi connectivity index (χ1v) is 9.11. The fraction of sp³-hybridized carbons (Fsp3) is 0.381. The summed E-state index contributed by atoms with van der Waals surface area (Å²) in [6.07, 6.45) is 1.09. The maximum atomic E-state index is 12.1. The molecule has 0 unspecified atom stereocenters. The number of ether oxygens (including phenoxy) is 2. The Morgan fingerprint density at radius 2 is 1.65 bits per heavy atom. The molecule has 5 nitrogen and oxygen atoms in total. The van der Waals surface area contributed by atoms with E-state index in [0.29, 0.717) is 13.2 Å². The van der Waals surface area contributed by atoms with Gasteiger partial charge in [0.15, 0.2) is 0 Å². The second-order valence-corrected chi connectivity index (χ2v) is 6.85. The largest absolute Gasteiger partial charge is 0.449 e. The molecule has 0 radical (unpaired) electrons. The third-order valence-electron chi connectivity index (χ3n) is 5.22. The molecule has 0 aromatic heterocycles. The third-order valence-corrected chi connectivity index (χ3v) is 5.22. The molecule has 1 amide bonds. The molecular formula is C21H23NO4. The van der Waals surface area contributed by atoms with Crippen LogP contribution in [0.1, 0.15) is 29.9 Å². The van der Waals surface area contributed by atoms with Gasteiger partial charge in [0.25, 0.3) is 0 Å². The van der Waals surface area contributed by atoms with Crippen LogP contribution >= 0.6 is 0 Å². The molecule has 1 aliphatic carbocycles. The summed E-state index contributed by atoms with van der Waals surface area (Å²) in [6.45, 7) is 0.749. The number of aliphatic hydroxyl groups excluding tert-OH is 1. The van der Waals surface area contributed by atoms with Crippen LogP contribution in [-0.4, -0.2) is 43.2 Å². The molecular weight excluding hydrogens is 330 g/mol. The summed E-state index contributed by atoms with van der Waals surface area (Å²) in [7, 11) is 0. The van der Waals surface area contributed by atoms with Crippen molar-refractivity contribution in [1.29, 1.82) is 0 Å². The molecule has 1 saturated heterocycles. The highest BCUT2D eigenvalue weighted by molar-refractivity contribution is 5.79. The SMILES string of the molecule is O=C(NC[C@H]1CC[C@@H](CO)O1)OCC1c2ccccc2-c2ccccc21. The lowest BCUT2D eigenvalue weighted by molar-refractivity contribution is 0.0121. The summed E-state index contributed by atoms with van der Waals surface area (Å²) < 4.78 is 11.1. The summed E-state index contributed by atoms with van der Waals surface area (Å²) in [6, 6.07) is 16.5. The molecule has 2 aliphatic rings. The topological polar surface area (TPSA) is 67.8 Å². The molecule has 4 rings (SSSR count). The molecule has 1 aliphatic heterocycles. The van der Waals surface area contributed by atoms with Gasteiger partial charge in [-0.05, 0) is 35.1 Å². The van der Waals surface area contributed by atoms with Crippen LogP contribution in [-0.2, 0) is 9.47 Å². The quantitative estimate of drug-likeness (QED) is 0.867. The smallest absolute Gasteiger partial charge is 0.407 e. The summed E-state index contributed by atoms with van der Waals surface area (Å²) in [4.78, 5) is 12.1. The highest BCUT2D eigenvalue weighted by Gasteiger charge is 2.29. The van der Waals surface area contributed by atoms with E-state index in [9.17, 15) is 4.79 Å². The van der Waals surface area contributed by atoms with Gasteiger partial charge < -0.3 is 19.9 Å². The predicted octanol–water partition coefficient (Wildman–Crippen LogP) is 3.07. The Hall–Kier alpha value is -2.37. The summed E-state index contributed by atoms with van der Waals surface area (Å²) in [5.41, 5.74) is 4.83. The maximum absolute atomic E-state index is 12.1. The van der Waals surface area contributed by atoms with Crippen molar-refractivity contribution >= 4 is 6.09 Å². The van der Waals surface area contributed by atoms with Crippen LogP contribution in [0.2, 0.25) is 0 Å². The zero-order valence-corrected chi connectivity index (χ0v) is 14.6. The Labute approximate surface area is 152 Å². The van der Waals surface area contributed by atoms with Crippen molar-refractivity contribution in [3.63, 3.8) is 0 Å². The van der Waals surface area contributed by atoms with Crippen molar-refractivity contribution < 1.29 is 19.4 Å². The predicted molar refractivity (Wildman–Crippen MR) is 98.1 cm³/mol. The van der Waals surface area contributed by atoms with Crippen LogP contribution in [0, 0.1) is 0 Å². The van der Waals surface area contributed by atoms with Crippen LogP contribution < -0.4 is 5.32 Å². The highest BCUT2D eigenvalue weighted by Crippen LogP contribution is 2.44. The third kappa shape index (κ3) is 3.32. The van der Waals surface area contributed by atoms with Crippen molar-refractivity contribution in [2.45, 2.75) is 31.0 Å². The van der Waals surface area contributed by atoms with Crippen molar-refractivity contribution in [1.82, 2.24) is 5.32 Å². The lowest BCUT2D eigenvalue weighted by Gasteiger charge is -2.16. The number of benzene rings is 2. The van der Waals surface area contributed by atoms with Gasteiger partial charge in [0.2, 0.25) is 0 Å². The van der Waals surface area contributed by atoms with E-state index < -0.39 is 6.09 Å². The summed E-state index contributed by atoms with van der Waals surface area (Å²) in [5.74, 6) is 0.0645. The molecule has 0 bridgehead atoms. The van der Waals surface area contributed by atoms with E-state index in [1.165, 1.54) is 22.3 Å². The number of carbonyl (C=O) groups is 1. The zero-order valence-electron chi connectivity index (χ0n) is 14.6. The molecule has 5 heteroatoms. The molecule has 0 saturated carbocycles. The molecule has 26 heavy (non-hydrogen) atoms. The second-order valence-electron chi connectivity index (χ2n) is 6.85. The van der Waals surface area contributed by atoms with Gasteiger partial charge in [-0.1, -0.05) is 48.5 Å². The number of aliphatic hydroxyl groups is 1. The fourth-order valence-electron chi connectivity index (χ4n) is 3.91. The summed E-state index contributed by atoms with van der Waals surface area (Å²) in [5, 5.41) is 11.9. The average Bonchev–Trinajstić information content (AvgIpc) is 3.27. The number of nitrogens with one attached hydrogen (secondary N) is 1. The molecule has 1 fully saturated rings. The van der Waals surface area contributed by atoms with Crippen LogP contribution in [0.15, 0.2) is 48.5 Å². The van der Waals surface area contributed by atoms with E-state index in [0.717, 1.165) is 12.8 Å². The number of alkyl carbamates (subject to hydrolysis) is 1. The molecule has 2 N–H and O–H groups in total. The van der Waals surface area contributed by atoms with Crippen LogP contribution in [0.3, 0.4) is 0 Å². The number of hydrogen-bond acceptors (Lipinski definition) is 4. The monoisotopic (exact) mass is 353 g/mol. The van der Waals surface area contributed by atoms with E-state index in [-0.39, 0.29) is 24.7 Å². The minimum absolute atomic E-state index is 0.0292. The minimum Gasteiger partial charge on any atom is -0.449 e. The van der Waals surface area contributed by atoms with E-state index in [4.69, 9.17) is 14.6 Å². The molecule has 136 valence electrons. The number of fused-ring (bicyclic) bond motifs is 3. The van der Waals surface area contributed by atoms with Gasteiger partial charge in [-0.15, -0.1) is 0 Å². The van der Waals surface area contributed by atoms with E-state index >= 15 is 0 Å².